The molecule has 28 heavy (non-hydrogen) atoms. The van der Waals surface area contributed by atoms with E-state index < -0.39 is 10.0 Å². The lowest BCUT2D eigenvalue weighted by atomic mass is 10.2. The highest BCUT2D eigenvalue weighted by atomic mass is 32.2. The number of carbonyl (C=O) groups is 1. The van der Waals surface area contributed by atoms with Crippen molar-refractivity contribution in [1.82, 2.24) is 0 Å². The topological polar surface area (TPSA) is 75.7 Å². The van der Waals surface area contributed by atoms with E-state index in [9.17, 15) is 13.2 Å². The Labute approximate surface area is 166 Å². The highest BCUT2D eigenvalue weighted by Crippen LogP contribution is 2.24. The van der Waals surface area contributed by atoms with Crippen molar-refractivity contribution in [2.75, 3.05) is 22.8 Å². The third-order valence-corrected chi connectivity index (χ3v) is 6.05. The minimum absolute atomic E-state index is 0.0748. The van der Waals surface area contributed by atoms with Crippen molar-refractivity contribution in [2.45, 2.75) is 43.9 Å². The molecule has 0 unspecified atom stereocenters. The molecule has 0 saturated carbocycles. The Morgan fingerprint density at radius 1 is 1.04 bits per heavy atom. The van der Waals surface area contributed by atoms with E-state index in [2.05, 4.69) is 11.6 Å². The Hall–Kier alpha value is -2.54. The summed E-state index contributed by atoms with van der Waals surface area (Å²) in [5.41, 5.74) is 1.20. The van der Waals surface area contributed by atoms with Crippen LogP contribution < -0.4 is 14.4 Å². The molecule has 0 atom stereocenters. The summed E-state index contributed by atoms with van der Waals surface area (Å²) in [4.78, 5) is 13.6. The molecule has 0 aliphatic carbocycles. The molecule has 2 aromatic carbocycles. The van der Waals surface area contributed by atoms with Crippen LogP contribution in [0.4, 0.5) is 11.4 Å². The lowest BCUT2D eigenvalue weighted by Crippen LogP contribution is -2.23. The molecule has 150 valence electrons. The second kappa shape index (κ2) is 9.10. The first-order chi connectivity index (χ1) is 13.5. The van der Waals surface area contributed by atoms with E-state index in [-0.39, 0.29) is 10.8 Å². The molecule has 1 aliphatic rings. The van der Waals surface area contributed by atoms with Crippen LogP contribution >= 0.6 is 0 Å². The van der Waals surface area contributed by atoms with Crippen LogP contribution in [-0.2, 0) is 14.8 Å². The van der Waals surface area contributed by atoms with E-state index in [1.54, 1.807) is 41.3 Å². The predicted octanol–water partition coefficient (Wildman–Crippen LogP) is 4.18. The number of amides is 1. The molecule has 6 nitrogen and oxygen atoms in total. The third kappa shape index (κ3) is 5.04. The minimum atomic E-state index is -3.70. The smallest absolute Gasteiger partial charge is 0.261 e. The van der Waals surface area contributed by atoms with Gasteiger partial charge in [-0.2, -0.15) is 0 Å². The molecular formula is C21H26N2O4S. The average Bonchev–Trinajstić information content (AvgIpc) is 3.12. The second-order valence-electron chi connectivity index (χ2n) is 6.83. The fourth-order valence-corrected chi connectivity index (χ4v) is 4.16. The molecule has 0 spiro atoms. The Kier molecular flexibility index (Phi) is 6.57. The van der Waals surface area contributed by atoms with E-state index >= 15 is 0 Å². The fraction of sp³-hybridized carbons (Fsp3) is 0.381. The molecule has 1 heterocycles. The molecule has 0 bridgehead atoms. The largest absolute Gasteiger partial charge is 0.494 e. The first-order valence-electron chi connectivity index (χ1n) is 9.66. The third-order valence-electron chi connectivity index (χ3n) is 4.66. The molecule has 0 radical (unpaired) electrons. The second-order valence-corrected chi connectivity index (χ2v) is 8.51. The van der Waals surface area contributed by atoms with Gasteiger partial charge in [-0.15, -0.1) is 0 Å². The monoisotopic (exact) mass is 402 g/mol. The van der Waals surface area contributed by atoms with Gasteiger partial charge in [-0.1, -0.05) is 19.8 Å². The standard InChI is InChI=1S/C21H26N2O4S/c1-2-3-4-16-27-19-11-7-17(8-12-19)22-28(25,26)20-13-9-18(10-14-20)23-15-5-6-21(23)24/h7-14,22H,2-6,15-16H2,1H3. The van der Waals surface area contributed by atoms with Gasteiger partial charge in [0.1, 0.15) is 5.75 Å². The zero-order valence-corrected chi connectivity index (χ0v) is 16.9. The van der Waals surface area contributed by atoms with Gasteiger partial charge in [-0.05, 0) is 61.4 Å². The molecule has 7 heteroatoms. The summed E-state index contributed by atoms with van der Waals surface area (Å²) in [5.74, 6) is 0.796. The lowest BCUT2D eigenvalue weighted by Gasteiger charge is -2.16. The minimum Gasteiger partial charge on any atom is -0.494 e. The lowest BCUT2D eigenvalue weighted by molar-refractivity contribution is -0.117. The van der Waals surface area contributed by atoms with Crippen molar-refractivity contribution in [1.29, 1.82) is 0 Å². The van der Waals surface area contributed by atoms with Crippen LogP contribution in [0.3, 0.4) is 0 Å². The number of benzene rings is 2. The summed E-state index contributed by atoms with van der Waals surface area (Å²) < 4.78 is 33.4. The van der Waals surface area contributed by atoms with Gasteiger partial charge < -0.3 is 9.64 Å². The molecule has 1 amide bonds. The highest BCUT2D eigenvalue weighted by Gasteiger charge is 2.22. The molecule has 1 fully saturated rings. The van der Waals surface area contributed by atoms with Gasteiger partial charge in [-0.25, -0.2) is 8.42 Å². The maximum atomic E-state index is 12.6. The van der Waals surface area contributed by atoms with Crippen molar-refractivity contribution >= 4 is 27.3 Å². The molecule has 1 aliphatic heterocycles. The fourth-order valence-electron chi connectivity index (χ4n) is 3.10. The quantitative estimate of drug-likeness (QED) is 0.639. The van der Waals surface area contributed by atoms with Crippen LogP contribution in [-0.4, -0.2) is 27.5 Å². The molecule has 1 saturated heterocycles. The Morgan fingerprint density at radius 2 is 1.75 bits per heavy atom. The van der Waals surface area contributed by atoms with Gasteiger partial charge in [0.25, 0.3) is 10.0 Å². The number of nitrogens with zero attached hydrogens (tertiary/aromatic N) is 1. The number of carbonyl (C=O) groups excluding carboxylic acids is 1. The summed E-state index contributed by atoms with van der Waals surface area (Å²) in [5, 5.41) is 0. The number of hydrogen-bond donors (Lipinski definition) is 1. The number of nitrogens with one attached hydrogen (secondary N) is 1. The maximum absolute atomic E-state index is 12.6. The normalized spacial score (nSPS) is 14.3. The number of unbranched alkanes of at least 4 members (excludes halogenated alkanes) is 2. The van der Waals surface area contributed by atoms with Gasteiger partial charge in [0, 0.05) is 24.3 Å². The zero-order chi connectivity index (χ0) is 20.0. The van der Waals surface area contributed by atoms with Gasteiger partial charge in [0.15, 0.2) is 0 Å². The Morgan fingerprint density at radius 3 is 2.36 bits per heavy atom. The average molecular weight is 403 g/mol. The molecule has 0 aromatic heterocycles. The summed E-state index contributed by atoms with van der Waals surface area (Å²) in [6.07, 6.45) is 4.64. The summed E-state index contributed by atoms with van der Waals surface area (Å²) in [6.45, 7) is 3.47. The number of sulfonamides is 1. The molecule has 3 rings (SSSR count). The van der Waals surface area contributed by atoms with Crippen molar-refractivity contribution in [3.8, 4) is 5.75 Å². The molecule has 1 N–H and O–H groups in total. The van der Waals surface area contributed by atoms with E-state index in [0.717, 1.165) is 37.1 Å². The van der Waals surface area contributed by atoms with E-state index in [0.29, 0.717) is 25.3 Å². The van der Waals surface area contributed by atoms with Crippen LogP contribution in [0.5, 0.6) is 5.75 Å². The SMILES string of the molecule is CCCCCOc1ccc(NS(=O)(=O)c2ccc(N3CCCC3=O)cc2)cc1. The van der Waals surface area contributed by atoms with Crippen LogP contribution in [0, 0.1) is 0 Å². The van der Waals surface area contributed by atoms with Gasteiger partial charge >= 0.3 is 0 Å². The summed E-state index contributed by atoms with van der Waals surface area (Å²) in [7, 11) is -3.70. The van der Waals surface area contributed by atoms with Crippen molar-refractivity contribution in [2.24, 2.45) is 0 Å². The first kappa shape index (κ1) is 20.2. The number of rotatable bonds is 9. The van der Waals surface area contributed by atoms with E-state index in [1.807, 2.05) is 0 Å². The van der Waals surface area contributed by atoms with Crippen molar-refractivity contribution in [3.05, 3.63) is 48.5 Å². The highest BCUT2D eigenvalue weighted by molar-refractivity contribution is 7.92. The van der Waals surface area contributed by atoms with Crippen molar-refractivity contribution in [3.63, 3.8) is 0 Å². The van der Waals surface area contributed by atoms with Crippen LogP contribution in [0.15, 0.2) is 53.4 Å². The maximum Gasteiger partial charge on any atom is 0.261 e. The number of hydrogen-bond acceptors (Lipinski definition) is 4. The Bertz CT molecular complexity index is 893. The first-order valence-corrected chi connectivity index (χ1v) is 11.1. The van der Waals surface area contributed by atoms with Crippen molar-refractivity contribution < 1.29 is 17.9 Å². The van der Waals surface area contributed by atoms with Gasteiger partial charge in [0.05, 0.1) is 11.5 Å². The van der Waals surface area contributed by atoms with Crippen LogP contribution in [0.1, 0.15) is 39.0 Å². The number of ether oxygens (including phenoxy) is 1. The summed E-state index contributed by atoms with van der Waals surface area (Å²) in [6, 6.07) is 13.3. The van der Waals surface area contributed by atoms with Crippen LogP contribution in [0.25, 0.3) is 0 Å². The number of anilines is 2. The van der Waals surface area contributed by atoms with Gasteiger partial charge in [0.2, 0.25) is 5.91 Å². The van der Waals surface area contributed by atoms with Gasteiger partial charge in [-0.3, -0.25) is 9.52 Å². The molecule has 2 aromatic rings. The van der Waals surface area contributed by atoms with Crippen LogP contribution in [0.2, 0.25) is 0 Å². The zero-order valence-electron chi connectivity index (χ0n) is 16.1. The Balaban J connectivity index is 1.62. The predicted molar refractivity (Wildman–Crippen MR) is 110 cm³/mol. The van der Waals surface area contributed by atoms with E-state index in [4.69, 9.17) is 4.74 Å². The molecular weight excluding hydrogens is 376 g/mol. The summed E-state index contributed by atoms with van der Waals surface area (Å²) >= 11 is 0. The van der Waals surface area contributed by atoms with E-state index in [1.165, 1.54) is 12.1 Å².